The normalized spacial score (nSPS) is 21.5. The summed E-state index contributed by atoms with van der Waals surface area (Å²) in [6, 6.07) is 4.39. The highest BCUT2D eigenvalue weighted by atomic mass is 32.2. The van der Waals surface area contributed by atoms with E-state index in [0.29, 0.717) is 11.1 Å². The van der Waals surface area contributed by atoms with Crippen LogP contribution in [0.4, 0.5) is 13.2 Å². The summed E-state index contributed by atoms with van der Waals surface area (Å²) >= 11 is 0. The molecule has 1 aromatic rings. The molecule has 3 nitrogen and oxygen atoms in total. The van der Waals surface area contributed by atoms with Gasteiger partial charge >= 0.3 is 6.18 Å². The van der Waals surface area contributed by atoms with Gasteiger partial charge in [-0.1, -0.05) is 24.3 Å². The molecule has 122 valence electrons. The molecule has 7 heteroatoms. The highest BCUT2D eigenvalue weighted by molar-refractivity contribution is 7.84. The number of Topliss-reactive ketones (excluding diaryl/α,β-unsaturated/α-hetero) is 1. The lowest BCUT2D eigenvalue weighted by Gasteiger charge is -2.29. The standard InChI is InChI=1S/C15H18F3NO2S/c1-14(2,3)22(21)19-13(15(16,17)18)11-8-9-6-4-5-7-10(9)12(11)20/h4-7,11,13,19H,8H2,1-3H3/t11-,13+,22+/m1/s1. The molecule has 0 radical (unpaired) electrons. The van der Waals surface area contributed by atoms with Crippen LogP contribution in [0.15, 0.2) is 24.3 Å². The Morgan fingerprint density at radius 3 is 2.32 bits per heavy atom. The van der Waals surface area contributed by atoms with Gasteiger partial charge in [0, 0.05) is 5.56 Å². The Labute approximate surface area is 129 Å². The van der Waals surface area contributed by atoms with Gasteiger partial charge in [0.15, 0.2) is 5.78 Å². The van der Waals surface area contributed by atoms with Crippen molar-refractivity contribution in [2.75, 3.05) is 0 Å². The number of carbonyl (C=O) groups is 1. The van der Waals surface area contributed by atoms with Crippen molar-refractivity contribution >= 4 is 16.8 Å². The average Bonchev–Trinajstić information content (AvgIpc) is 2.71. The molecule has 0 fully saturated rings. The topological polar surface area (TPSA) is 46.2 Å². The quantitative estimate of drug-likeness (QED) is 0.924. The Morgan fingerprint density at radius 2 is 1.82 bits per heavy atom. The minimum absolute atomic E-state index is 0.00747. The van der Waals surface area contributed by atoms with Gasteiger partial charge in [0.25, 0.3) is 0 Å². The van der Waals surface area contributed by atoms with Gasteiger partial charge in [0.1, 0.15) is 6.04 Å². The first kappa shape index (κ1) is 17.1. The van der Waals surface area contributed by atoms with Crippen LogP contribution in [0.3, 0.4) is 0 Å². The SMILES string of the molecule is CC(C)(C)[S@](=O)N[C@@H]([C@@H]1Cc2ccccc2C1=O)C(F)(F)F. The third kappa shape index (κ3) is 3.41. The van der Waals surface area contributed by atoms with E-state index in [9.17, 15) is 22.2 Å². The summed E-state index contributed by atoms with van der Waals surface area (Å²) in [5.74, 6) is -1.82. The molecule has 0 amide bonds. The molecule has 0 saturated heterocycles. The molecule has 22 heavy (non-hydrogen) atoms. The van der Waals surface area contributed by atoms with Gasteiger partial charge in [-0.3, -0.25) is 4.79 Å². The molecule has 1 aliphatic carbocycles. The molecule has 1 aromatic carbocycles. The van der Waals surface area contributed by atoms with Crippen molar-refractivity contribution < 1.29 is 22.2 Å². The van der Waals surface area contributed by atoms with Crippen molar-refractivity contribution in [3.63, 3.8) is 0 Å². The van der Waals surface area contributed by atoms with Gasteiger partial charge in [-0.05, 0) is 32.8 Å². The Hall–Kier alpha value is -1.21. The fraction of sp³-hybridized carbons (Fsp3) is 0.533. The average molecular weight is 333 g/mol. The number of fused-ring (bicyclic) bond motifs is 1. The summed E-state index contributed by atoms with van der Waals surface area (Å²) in [6.45, 7) is 4.73. The van der Waals surface area contributed by atoms with Crippen LogP contribution in [-0.2, 0) is 17.4 Å². The molecular weight excluding hydrogens is 315 g/mol. The lowest BCUT2D eigenvalue weighted by Crippen LogP contribution is -2.53. The minimum Gasteiger partial charge on any atom is -0.294 e. The maximum Gasteiger partial charge on any atom is 0.405 e. The fourth-order valence-corrected chi connectivity index (χ4v) is 3.29. The Balaban J connectivity index is 2.30. The van der Waals surface area contributed by atoms with Crippen molar-refractivity contribution in [2.24, 2.45) is 5.92 Å². The lowest BCUT2D eigenvalue weighted by atomic mass is 9.96. The van der Waals surface area contributed by atoms with Gasteiger partial charge in [0.2, 0.25) is 0 Å². The maximum absolute atomic E-state index is 13.4. The fourth-order valence-electron chi connectivity index (χ4n) is 2.41. The van der Waals surface area contributed by atoms with E-state index < -0.39 is 39.7 Å². The minimum atomic E-state index is -4.65. The van der Waals surface area contributed by atoms with Crippen molar-refractivity contribution in [3.8, 4) is 0 Å². The molecule has 0 bridgehead atoms. The molecule has 0 aliphatic heterocycles. The van der Waals surface area contributed by atoms with Crippen LogP contribution in [0.5, 0.6) is 0 Å². The van der Waals surface area contributed by atoms with Gasteiger partial charge in [0.05, 0.1) is 21.7 Å². The van der Waals surface area contributed by atoms with E-state index in [0.717, 1.165) is 0 Å². The van der Waals surface area contributed by atoms with Crippen LogP contribution >= 0.6 is 0 Å². The van der Waals surface area contributed by atoms with E-state index in [-0.39, 0.29) is 6.42 Å². The monoisotopic (exact) mass is 333 g/mol. The molecule has 0 spiro atoms. The lowest BCUT2D eigenvalue weighted by molar-refractivity contribution is -0.158. The van der Waals surface area contributed by atoms with Crippen molar-refractivity contribution in [1.82, 2.24) is 4.72 Å². The summed E-state index contributed by atoms with van der Waals surface area (Å²) in [5.41, 5.74) is 0.931. The van der Waals surface area contributed by atoms with E-state index >= 15 is 0 Å². The van der Waals surface area contributed by atoms with Crippen LogP contribution in [0.25, 0.3) is 0 Å². The zero-order chi connectivity index (χ0) is 16.7. The number of ketones is 1. The summed E-state index contributed by atoms with van der Waals surface area (Å²) in [4.78, 5) is 12.3. The summed E-state index contributed by atoms with van der Waals surface area (Å²) in [5, 5.41) is 0. The number of hydrogen-bond acceptors (Lipinski definition) is 2. The largest absolute Gasteiger partial charge is 0.405 e. The van der Waals surface area contributed by atoms with Crippen molar-refractivity contribution in [2.45, 2.75) is 44.2 Å². The third-order valence-electron chi connectivity index (χ3n) is 3.60. The molecule has 2 rings (SSSR count). The number of halogens is 3. The highest BCUT2D eigenvalue weighted by Crippen LogP contribution is 2.36. The number of nitrogens with one attached hydrogen (secondary N) is 1. The van der Waals surface area contributed by atoms with Crippen LogP contribution in [0, 0.1) is 5.92 Å². The summed E-state index contributed by atoms with van der Waals surface area (Å²) < 4.78 is 53.4. The predicted molar refractivity (Wildman–Crippen MR) is 78.8 cm³/mol. The number of benzene rings is 1. The Kier molecular flexibility index (Phi) is 4.50. The number of alkyl halides is 3. The molecule has 3 atom stereocenters. The van der Waals surface area contributed by atoms with Crippen LogP contribution in [0.2, 0.25) is 0 Å². The second-order valence-corrected chi connectivity index (χ2v) is 8.35. The summed E-state index contributed by atoms with van der Waals surface area (Å²) in [7, 11) is -1.91. The van der Waals surface area contributed by atoms with Crippen LogP contribution < -0.4 is 4.72 Å². The predicted octanol–water partition coefficient (Wildman–Crippen LogP) is 3.02. The van der Waals surface area contributed by atoms with Gasteiger partial charge in [-0.15, -0.1) is 0 Å². The second-order valence-electron chi connectivity index (χ2n) is 6.35. The highest BCUT2D eigenvalue weighted by Gasteiger charge is 2.51. The molecule has 0 saturated carbocycles. The third-order valence-corrected chi connectivity index (χ3v) is 5.19. The first-order valence-electron chi connectivity index (χ1n) is 6.88. The van der Waals surface area contributed by atoms with Gasteiger partial charge in [-0.2, -0.15) is 13.2 Å². The molecular formula is C15H18F3NO2S. The first-order valence-corrected chi connectivity index (χ1v) is 8.03. The second kappa shape index (κ2) is 5.77. The van der Waals surface area contributed by atoms with Crippen molar-refractivity contribution in [3.05, 3.63) is 35.4 Å². The Bertz CT molecular complexity index is 608. The van der Waals surface area contributed by atoms with E-state index in [2.05, 4.69) is 4.72 Å². The molecule has 0 unspecified atom stereocenters. The number of carbonyl (C=O) groups excluding carboxylic acids is 1. The van der Waals surface area contributed by atoms with E-state index in [1.165, 1.54) is 6.07 Å². The van der Waals surface area contributed by atoms with Crippen LogP contribution in [0.1, 0.15) is 36.7 Å². The molecule has 1 aliphatic rings. The van der Waals surface area contributed by atoms with E-state index in [1.54, 1.807) is 39.0 Å². The zero-order valence-electron chi connectivity index (χ0n) is 12.5. The summed E-state index contributed by atoms with van der Waals surface area (Å²) in [6.07, 6.45) is -4.64. The van der Waals surface area contributed by atoms with Gasteiger partial charge < -0.3 is 0 Å². The van der Waals surface area contributed by atoms with E-state index in [1.807, 2.05) is 0 Å². The van der Waals surface area contributed by atoms with Gasteiger partial charge in [-0.25, -0.2) is 8.93 Å². The van der Waals surface area contributed by atoms with E-state index in [4.69, 9.17) is 0 Å². The molecule has 1 N–H and O–H groups in total. The van der Waals surface area contributed by atoms with Crippen LogP contribution in [-0.4, -0.2) is 27.0 Å². The van der Waals surface area contributed by atoms with Crippen molar-refractivity contribution in [1.29, 1.82) is 0 Å². The first-order chi connectivity index (χ1) is 10.0. The number of hydrogen-bond donors (Lipinski definition) is 1. The molecule has 0 aromatic heterocycles. The zero-order valence-corrected chi connectivity index (χ0v) is 13.3. The molecule has 0 heterocycles. The maximum atomic E-state index is 13.4. The smallest absolute Gasteiger partial charge is 0.294 e. The number of rotatable bonds is 3. The Morgan fingerprint density at radius 1 is 1.23 bits per heavy atom.